The van der Waals surface area contributed by atoms with Crippen molar-refractivity contribution in [1.82, 2.24) is 15.2 Å². The van der Waals surface area contributed by atoms with E-state index < -0.39 is 0 Å². The van der Waals surface area contributed by atoms with Gasteiger partial charge in [0.2, 0.25) is 5.16 Å². The molecule has 0 atom stereocenters. The monoisotopic (exact) mass is 161 g/mol. The number of nitrogens with zero attached hydrogens (tertiary/aromatic N) is 2. The minimum atomic E-state index is 0.513. The summed E-state index contributed by atoms with van der Waals surface area (Å²) in [7, 11) is 1.42. The Morgan fingerprint density at radius 1 is 1.60 bits per heavy atom. The number of aromatic nitrogens is 3. The van der Waals surface area contributed by atoms with Gasteiger partial charge in [0.15, 0.2) is 0 Å². The van der Waals surface area contributed by atoms with E-state index in [4.69, 9.17) is 0 Å². The molecule has 10 heavy (non-hydrogen) atoms. The molecule has 0 aliphatic carbocycles. The summed E-state index contributed by atoms with van der Waals surface area (Å²) in [5.74, 6) is 0.752. The molecule has 0 spiro atoms. The van der Waals surface area contributed by atoms with Gasteiger partial charge in [-0.3, -0.25) is 5.10 Å². The number of hydrogen-bond acceptors (Lipinski definition) is 5. The lowest BCUT2D eigenvalue weighted by molar-refractivity contribution is -0.160. The first-order valence-electron chi connectivity index (χ1n) is 2.59. The Morgan fingerprint density at radius 2 is 2.40 bits per heavy atom. The van der Waals surface area contributed by atoms with Crippen molar-refractivity contribution in [3.8, 4) is 0 Å². The van der Waals surface area contributed by atoms with Gasteiger partial charge in [0, 0.05) is 0 Å². The summed E-state index contributed by atoms with van der Waals surface area (Å²) in [6.45, 7) is 1.81. The molecule has 0 unspecified atom stereocenters. The molecule has 1 rings (SSSR count). The lowest BCUT2D eigenvalue weighted by Gasteiger charge is -1.89. The molecule has 0 saturated heterocycles. The minimum Gasteiger partial charge on any atom is -0.262 e. The van der Waals surface area contributed by atoms with Gasteiger partial charge in [-0.05, 0) is 6.92 Å². The van der Waals surface area contributed by atoms with Crippen molar-refractivity contribution in [1.29, 1.82) is 0 Å². The standard InChI is InChI=1S/C4H7N3O2S/c1-3-5-4(7-6-3)10-9-8-2/h1-2H3,(H,5,6,7). The lowest BCUT2D eigenvalue weighted by atomic mass is 10.8. The highest BCUT2D eigenvalue weighted by atomic mass is 32.2. The quantitative estimate of drug-likeness (QED) is 0.401. The van der Waals surface area contributed by atoms with Crippen molar-refractivity contribution in [2.45, 2.75) is 12.1 Å². The molecule has 1 aromatic rings. The van der Waals surface area contributed by atoms with Crippen LogP contribution in [-0.2, 0) is 9.22 Å². The van der Waals surface area contributed by atoms with Gasteiger partial charge in [0.05, 0.1) is 7.11 Å². The summed E-state index contributed by atoms with van der Waals surface area (Å²) in [5, 5.41) is 6.95. The maximum absolute atomic E-state index is 4.50. The minimum absolute atomic E-state index is 0.513. The zero-order valence-corrected chi connectivity index (χ0v) is 6.44. The number of aromatic amines is 1. The zero-order valence-electron chi connectivity index (χ0n) is 5.62. The van der Waals surface area contributed by atoms with Gasteiger partial charge < -0.3 is 0 Å². The SMILES string of the molecule is COOSc1n[nH]c(C)n1. The second-order valence-corrected chi connectivity index (χ2v) is 2.19. The molecule has 5 nitrogen and oxygen atoms in total. The van der Waals surface area contributed by atoms with Crippen LogP contribution >= 0.6 is 12.0 Å². The van der Waals surface area contributed by atoms with Crippen LogP contribution in [0.5, 0.6) is 0 Å². The second-order valence-electron chi connectivity index (χ2n) is 1.52. The molecule has 0 amide bonds. The third-order valence-corrected chi connectivity index (χ3v) is 1.29. The Kier molecular flexibility index (Phi) is 2.67. The van der Waals surface area contributed by atoms with Crippen LogP contribution in [-0.4, -0.2) is 22.3 Å². The summed E-state index contributed by atoms with van der Waals surface area (Å²) in [6.07, 6.45) is 0. The highest BCUT2D eigenvalue weighted by Gasteiger charge is 1.99. The fourth-order valence-electron chi connectivity index (χ4n) is 0.424. The Labute approximate surface area is 62.3 Å². The summed E-state index contributed by atoms with van der Waals surface area (Å²) in [5.41, 5.74) is 0. The van der Waals surface area contributed by atoms with Gasteiger partial charge in [-0.1, -0.05) is 0 Å². The fourth-order valence-corrected chi connectivity index (χ4v) is 0.810. The van der Waals surface area contributed by atoms with Gasteiger partial charge in [0.25, 0.3) is 0 Å². The lowest BCUT2D eigenvalue weighted by Crippen LogP contribution is -1.79. The maximum atomic E-state index is 4.50. The van der Waals surface area contributed by atoms with E-state index in [2.05, 4.69) is 24.4 Å². The first kappa shape index (κ1) is 7.52. The molecule has 56 valence electrons. The van der Waals surface area contributed by atoms with E-state index in [0.29, 0.717) is 5.16 Å². The molecule has 1 N–H and O–H groups in total. The molecule has 0 radical (unpaired) electrons. The number of H-pyrrole nitrogens is 1. The molecule has 6 heteroatoms. The van der Waals surface area contributed by atoms with Crippen LogP contribution in [0.3, 0.4) is 0 Å². The maximum Gasteiger partial charge on any atom is 0.238 e. The van der Waals surface area contributed by atoms with Gasteiger partial charge in [-0.25, -0.2) is 9.87 Å². The van der Waals surface area contributed by atoms with Crippen LogP contribution in [0.2, 0.25) is 0 Å². The molecule has 0 aromatic carbocycles. The second kappa shape index (κ2) is 3.55. The van der Waals surface area contributed by atoms with Crippen LogP contribution in [0.4, 0.5) is 0 Å². The highest BCUT2D eigenvalue weighted by molar-refractivity contribution is 7.94. The Morgan fingerprint density at radius 3 is 2.90 bits per heavy atom. The first-order valence-corrected chi connectivity index (χ1v) is 3.33. The van der Waals surface area contributed by atoms with E-state index in [1.54, 1.807) is 0 Å². The molecule has 1 aromatic heterocycles. The van der Waals surface area contributed by atoms with Gasteiger partial charge >= 0.3 is 0 Å². The van der Waals surface area contributed by atoms with Crippen molar-refractivity contribution in [3.05, 3.63) is 5.82 Å². The molecule has 0 bridgehead atoms. The Hall–Kier alpha value is -0.590. The highest BCUT2D eigenvalue weighted by Crippen LogP contribution is 2.12. The van der Waals surface area contributed by atoms with E-state index >= 15 is 0 Å². The summed E-state index contributed by atoms with van der Waals surface area (Å²) >= 11 is 0.966. The van der Waals surface area contributed by atoms with Gasteiger partial charge in [0.1, 0.15) is 17.9 Å². The summed E-state index contributed by atoms with van der Waals surface area (Å²) in [4.78, 5) is 8.26. The van der Waals surface area contributed by atoms with E-state index in [1.165, 1.54) is 7.11 Å². The molecule has 0 aliphatic heterocycles. The van der Waals surface area contributed by atoms with Gasteiger partial charge in [-0.15, -0.1) is 5.10 Å². The third kappa shape index (κ3) is 1.98. The van der Waals surface area contributed by atoms with Crippen molar-refractivity contribution >= 4 is 12.0 Å². The topological polar surface area (TPSA) is 60.0 Å². The van der Waals surface area contributed by atoms with Crippen molar-refractivity contribution < 1.29 is 9.22 Å². The summed E-state index contributed by atoms with van der Waals surface area (Å²) in [6, 6.07) is 0. The van der Waals surface area contributed by atoms with Crippen LogP contribution < -0.4 is 0 Å². The summed E-state index contributed by atoms with van der Waals surface area (Å²) < 4.78 is 4.50. The molecular weight excluding hydrogens is 154 g/mol. The smallest absolute Gasteiger partial charge is 0.238 e. The molecule has 0 aliphatic rings. The van der Waals surface area contributed by atoms with E-state index in [9.17, 15) is 0 Å². The van der Waals surface area contributed by atoms with Crippen molar-refractivity contribution in [3.63, 3.8) is 0 Å². The third-order valence-electron chi connectivity index (χ3n) is 0.753. The molecule has 0 fully saturated rings. The number of rotatable bonds is 3. The zero-order chi connectivity index (χ0) is 7.40. The Bertz CT molecular complexity index is 202. The van der Waals surface area contributed by atoms with Gasteiger partial charge in [-0.2, -0.15) is 4.33 Å². The molecular formula is C4H7N3O2S. The van der Waals surface area contributed by atoms with Crippen LogP contribution in [0, 0.1) is 6.92 Å². The van der Waals surface area contributed by atoms with Crippen LogP contribution in [0.1, 0.15) is 5.82 Å². The number of nitrogens with one attached hydrogen (secondary N) is 1. The fraction of sp³-hybridized carbons (Fsp3) is 0.500. The average molecular weight is 161 g/mol. The van der Waals surface area contributed by atoms with Crippen LogP contribution in [0.15, 0.2) is 5.16 Å². The van der Waals surface area contributed by atoms with E-state index in [-0.39, 0.29) is 0 Å². The predicted octanol–water partition coefficient (Wildman–Crippen LogP) is 0.698. The molecule has 1 heterocycles. The first-order chi connectivity index (χ1) is 4.83. The largest absolute Gasteiger partial charge is 0.262 e. The predicted molar refractivity (Wildman–Crippen MR) is 35.1 cm³/mol. The molecule has 0 saturated carbocycles. The Balaban J connectivity index is 2.42. The van der Waals surface area contributed by atoms with Crippen molar-refractivity contribution in [2.75, 3.05) is 7.11 Å². The number of hydrogen-bond donors (Lipinski definition) is 1. The van der Waals surface area contributed by atoms with E-state index in [0.717, 1.165) is 17.9 Å². The van der Waals surface area contributed by atoms with Crippen molar-refractivity contribution in [2.24, 2.45) is 0 Å². The average Bonchev–Trinajstić information content (AvgIpc) is 2.31. The number of aryl methyl sites for hydroxylation is 1. The van der Waals surface area contributed by atoms with Crippen LogP contribution in [0.25, 0.3) is 0 Å². The van der Waals surface area contributed by atoms with E-state index in [1.807, 2.05) is 6.92 Å². The normalized spacial score (nSPS) is 10.2.